The summed E-state index contributed by atoms with van der Waals surface area (Å²) in [5.41, 5.74) is 3.28. The van der Waals surface area contributed by atoms with Gasteiger partial charge in [-0.1, -0.05) is 18.2 Å². The van der Waals surface area contributed by atoms with Crippen molar-refractivity contribution in [3.63, 3.8) is 0 Å². The van der Waals surface area contributed by atoms with Gasteiger partial charge in [-0.3, -0.25) is 20.3 Å². The van der Waals surface area contributed by atoms with Gasteiger partial charge in [0.1, 0.15) is 11.4 Å². The molecule has 3 aromatic rings. The fourth-order valence-corrected chi connectivity index (χ4v) is 3.81. The number of rotatable bonds is 9. The molecule has 33 heavy (non-hydrogen) atoms. The van der Waals surface area contributed by atoms with E-state index in [1.165, 1.54) is 36.4 Å². The first-order valence-corrected chi connectivity index (χ1v) is 10.9. The number of halogens is 2. The number of anilines is 2. The Morgan fingerprint density at radius 3 is 2.33 bits per heavy atom. The SMILES string of the molecule is CC(=NNc1ccc(S(=O)(=O)Nc2ccccc2)cc1[N+](=O)[O-])c1ccc(OC(F)F)cc1. The summed E-state index contributed by atoms with van der Waals surface area (Å²) in [5, 5.41) is 15.6. The largest absolute Gasteiger partial charge is 0.435 e. The molecular formula is C21H18F2N4O5S. The molecule has 0 aliphatic carbocycles. The zero-order valence-electron chi connectivity index (χ0n) is 17.1. The molecule has 3 rings (SSSR count). The van der Waals surface area contributed by atoms with Gasteiger partial charge >= 0.3 is 6.61 Å². The van der Waals surface area contributed by atoms with Crippen LogP contribution in [0.4, 0.5) is 25.8 Å². The summed E-state index contributed by atoms with van der Waals surface area (Å²) in [5.74, 6) is -0.0222. The molecular weight excluding hydrogens is 458 g/mol. The average Bonchev–Trinajstić information content (AvgIpc) is 2.77. The summed E-state index contributed by atoms with van der Waals surface area (Å²) >= 11 is 0. The number of hydrogen-bond acceptors (Lipinski definition) is 7. The lowest BCUT2D eigenvalue weighted by Crippen LogP contribution is -2.13. The van der Waals surface area contributed by atoms with Crippen LogP contribution >= 0.6 is 0 Å². The van der Waals surface area contributed by atoms with Gasteiger partial charge in [0, 0.05) is 11.8 Å². The Balaban J connectivity index is 1.81. The van der Waals surface area contributed by atoms with Crippen molar-refractivity contribution in [2.75, 3.05) is 10.1 Å². The van der Waals surface area contributed by atoms with Crippen molar-refractivity contribution in [2.24, 2.45) is 5.10 Å². The molecule has 0 bridgehead atoms. The smallest absolute Gasteiger partial charge is 0.387 e. The zero-order chi connectivity index (χ0) is 24.0. The Labute approximate surface area is 187 Å². The third-order valence-electron chi connectivity index (χ3n) is 4.34. The van der Waals surface area contributed by atoms with Crippen molar-refractivity contribution >= 4 is 32.8 Å². The van der Waals surface area contributed by atoms with E-state index in [1.807, 2.05) is 0 Å². The molecule has 0 unspecified atom stereocenters. The van der Waals surface area contributed by atoms with Crippen LogP contribution in [0.5, 0.6) is 5.75 Å². The third kappa shape index (κ3) is 6.23. The maximum atomic E-state index is 12.6. The number of hydrogen-bond donors (Lipinski definition) is 2. The van der Waals surface area contributed by atoms with Gasteiger partial charge in [-0.2, -0.15) is 13.9 Å². The number of alkyl halides is 2. The predicted molar refractivity (Wildman–Crippen MR) is 119 cm³/mol. The number of nitro benzene ring substituents is 1. The average molecular weight is 476 g/mol. The minimum Gasteiger partial charge on any atom is -0.435 e. The lowest BCUT2D eigenvalue weighted by molar-refractivity contribution is -0.384. The summed E-state index contributed by atoms with van der Waals surface area (Å²) in [4.78, 5) is 10.5. The fourth-order valence-electron chi connectivity index (χ4n) is 2.73. The van der Waals surface area contributed by atoms with E-state index in [0.29, 0.717) is 17.0 Å². The quantitative estimate of drug-likeness (QED) is 0.259. The summed E-state index contributed by atoms with van der Waals surface area (Å²) in [6, 6.07) is 17.1. The number of nitrogens with one attached hydrogen (secondary N) is 2. The van der Waals surface area contributed by atoms with E-state index in [0.717, 1.165) is 6.07 Å². The summed E-state index contributed by atoms with van der Waals surface area (Å²) in [6.07, 6.45) is 0. The van der Waals surface area contributed by atoms with Crippen LogP contribution in [0.25, 0.3) is 0 Å². The van der Waals surface area contributed by atoms with Crippen LogP contribution in [0.1, 0.15) is 12.5 Å². The molecule has 0 fully saturated rings. The van der Waals surface area contributed by atoms with Crippen molar-refractivity contribution in [3.05, 3.63) is 88.5 Å². The zero-order valence-corrected chi connectivity index (χ0v) is 17.9. The molecule has 0 aromatic heterocycles. The van der Waals surface area contributed by atoms with Crippen molar-refractivity contribution < 1.29 is 26.9 Å². The highest BCUT2D eigenvalue weighted by molar-refractivity contribution is 7.92. The molecule has 0 atom stereocenters. The Morgan fingerprint density at radius 1 is 1.06 bits per heavy atom. The van der Waals surface area contributed by atoms with Crippen LogP contribution in [0.3, 0.4) is 0 Å². The minimum absolute atomic E-state index is 0.0222. The topological polar surface area (TPSA) is 123 Å². The van der Waals surface area contributed by atoms with Crippen LogP contribution in [-0.2, 0) is 10.0 Å². The summed E-state index contributed by atoms with van der Waals surface area (Å²) < 4.78 is 56.3. The van der Waals surface area contributed by atoms with Gasteiger partial charge in [-0.15, -0.1) is 0 Å². The highest BCUT2D eigenvalue weighted by Crippen LogP contribution is 2.29. The minimum atomic E-state index is -4.06. The van der Waals surface area contributed by atoms with Crippen molar-refractivity contribution in [1.29, 1.82) is 0 Å². The van der Waals surface area contributed by atoms with E-state index in [2.05, 4.69) is 20.0 Å². The van der Waals surface area contributed by atoms with Gasteiger partial charge in [0.15, 0.2) is 0 Å². The first kappa shape index (κ1) is 23.6. The monoisotopic (exact) mass is 476 g/mol. The Hall–Kier alpha value is -4.06. The van der Waals surface area contributed by atoms with Crippen LogP contribution < -0.4 is 14.9 Å². The van der Waals surface area contributed by atoms with Gasteiger partial charge in [-0.25, -0.2) is 8.42 Å². The number of sulfonamides is 1. The molecule has 9 nitrogen and oxygen atoms in total. The summed E-state index contributed by atoms with van der Waals surface area (Å²) in [7, 11) is -4.06. The number of ether oxygens (including phenoxy) is 1. The Morgan fingerprint density at radius 2 is 1.73 bits per heavy atom. The number of para-hydroxylation sites is 1. The molecule has 3 aromatic carbocycles. The first-order valence-electron chi connectivity index (χ1n) is 9.37. The molecule has 0 saturated carbocycles. The Kier molecular flexibility index (Phi) is 7.18. The molecule has 12 heteroatoms. The van der Waals surface area contributed by atoms with E-state index in [1.54, 1.807) is 37.3 Å². The van der Waals surface area contributed by atoms with E-state index in [9.17, 15) is 27.3 Å². The van der Waals surface area contributed by atoms with Gasteiger partial charge in [0.05, 0.1) is 15.5 Å². The number of nitrogens with zero attached hydrogens (tertiary/aromatic N) is 2. The Bertz CT molecular complexity index is 1270. The summed E-state index contributed by atoms with van der Waals surface area (Å²) in [6.45, 7) is -1.34. The molecule has 0 aliphatic heterocycles. The molecule has 0 aliphatic rings. The van der Waals surface area contributed by atoms with Gasteiger partial charge in [-0.05, 0) is 61.0 Å². The lowest BCUT2D eigenvalue weighted by Gasteiger charge is -2.10. The molecule has 0 heterocycles. The van der Waals surface area contributed by atoms with Crippen LogP contribution in [0.2, 0.25) is 0 Å². The van der Waals surface area contributed by atoms with Crippen molar-refractivity contribution in [3.8, 4) is 5.75 Å². The molecule has 0 spiro atoms. The van der Waals surface area contributed by atoms with Gasteiger partial charge < -0.3 is 4.74 Å². The predicted octanol–water partition coefficient (Wildman–Crippen LogP) is 4.83. The highest BCUT2D eigenvalue weighted by atomic mass is 32.2. The number of nitro groups is 1. The normalized spacial score (nSPS) is 11.8. The fraction of sp³-hybridized carbons (Fsp3) is 0.0952. The van der Waals surface area contributed by atoms with Crippen LogP contribution in [0.15, 0.2) is 82.8 Å². The van der Waals surface area contributed by atoms with E-state index >= 15 is 0 Å². The van der Waals surface area contributed by atoms with Crippen molar-refractivity contribution in [1.82, 2.24) is 0 Å². The molecule has 0 saturated heterocycles. The standard InChI is InChI=1S/C21H18F2N4O5S/c1-14(15-7-9-17(10-8-15)32-21(22)23)24-25-19-12-11-18(13-20(19)27(28)29)33(30,31)26-16-5-3-2-4-6-16/h2-13,21,25-26H,1H3. The second-order valence-corrected chi connectivity index (χ2v) is 8.30. The maximum Gasteiger partial charge on any atom is 0.387 e. The second kappa shape index (κ2) is 10.0. The number of benzene rings is 3. The number of hydrazone groups is 1. The highest BCUT2D eigenvalue weighted by Gasteiger charge is 2.21. The third-order valence-corrected chi connectivity index (χ3v) is 5.72. The molecule has 172 valence electrons. The van der Waals surface area contributed by atoms with E-state index < -0.39 is 27.2 Å². The lowest BCUT2D eigenvalue weighted by atomic mass is 10.1. The van der Waals surface area contributed by atoms with Crippen molar-refractivity contribution in [2.45, 2.75) is 18.4 Å². The second-order valence-electron chi connectivity index (χ2n) is 6.62. The van der Waals surface area contributed by atoms with Gasteiger partial charge in [0.25, 0.3) is 15.7 Å². The van der Waals surface area contributed by atoms with E-state index in [-0.39, 0.29) is 16.3 Å². The molecule has 2 N–H and O–H groups in total. The molecule has 0 amide bonds. The molecule has 0 radical (unpaired) electrons. The van der Waals surface area contributed by atoms with Crippen LogP contribution in [-0.4, -0.2) is 25.7 Å². The van der Waals surface area contributed by atoms with E-state index in [4.69, 9.17) is 0 Å². The first-order chi connectivity index (χ1) is 15.7. The maximum absolute atomic E-state index is 12.6. The van der Waals surface area contributed by atoms with Crippen LogP contribution in [0, 0.1) is 10.1 Å². The van der Waals surface area contributed by atoms with Gasteiger partial charge in [0.2, 0.25) is 0 Å².